The van der Waals surface area contributed by atoms with Crippen LogP contribution in [0, 0.1) is 6.92 Å². The van der Waals surface area contributed by atoms with Crippen LogP contribution < -0.4 is 14.4 Å². The minimum absolute atomic E-state index is 0.122. The quantitative estimate of drug-likeness (QED) is 0.365. The summed E-state index contributed by atoms with van der Waals surface area (Å²) in [6, 6.07) is 20.8. The molecule has 0 aromatic heterocycles. The molecular weight excluding hydrogens is 492 g/mol. The monoisotopic (exact) mass is 518 g/mol. The topological polar surface area (TPSA) is 75.7 Å². The van der Waals surface area contributed by atoms with E-state index >= 15 is 0 Å². The highest BCUT2D eigenvalue weighted by Crippen LogP contribution is 2.26. The zero-order chi connectivity index (χ0) is 24.6. The van der Waals surface area contributed by atoms with E-state index in [0.717, 1.165) is 26.2 Å². The number of carbonyl (C=O) groups is 1. The highest BCUT2D eigenvalue weighted by Gasteiger charge is 2.27. The summed E-state index contributed by atoms with van der Waals surface area (Å²) >= 11 is 7.81. The van der Waals surface area contributed by atoms with E-state index < -0.39 is 10.0 Å². The summed E-state index contributed by atoms with van der Waals surface area (Å²) in [6.07, 6.45) is 0. The molecule has 180 valence electrons. The molecule has 0 heterocycles. The molecule has 1 N–H and O–H groups in total. The third-order valence-electron chi connectivity index (χ3n) is 5.04. The molecule has 0 spiro atoms. The van der Waals surface area contributed by atoms with E-state index in [0.29, 0.717) is 23.7 Å². The average molecular weight is 519 g/mol. The van der Waals surface area contributed by atoms with Crippen LogP contribution in [0.25, 0.3) is 0 Å². The van der Waals surface area contributed by atoms with Gasteiger partial charge in [0.1, 0.15) is 12.3 Å². The molecule has 3 rings (SSSR count). The first-order chi connectivity index (χ1) is 16.3. The van der Waals surface area contributed by atoms with Gasteiger partial charge in [-0.1, -0.05) is 47.5 Å². The van der Waals surface area contributed by atoms with E-state index in [4.69, 9.17) is 16.3 Å². The second-order valence-corrected chi connectivity index (χ2v) is 10.9. The number of nitrogens with one attached hydrogen (secondary N) is 1. The number of benzene rings is 3. The maximum absolute atomic E-state index is 13.4. The van der Waals surface area contributed by atoms with Gasteiger partial charge in [0.15, 0.2) is 0 Å². The summed E-state index contributed by atoms with van der Waals surface area (Å²) in [6.45, 7) is 1.96. The summed E-state index contributed by atoms with van der Waals surface area (Å²) in [7, 11) is -2.42. The summed E-state index contributed by atoms with van der Waals surface area (Å²) in [5, 5.41) is 3.53. The SMILES string of the molecule is COc1ccc(N(CC(=O)NCCSCc2ccccc2Cl)S(=O)(=O)c2ccc(C)cc2)cc1. The number of hydrogen-bond acceptors (Lipinski definition) is 5. The molecule has 0 fully saturated rings. The lowest BCUT2D eigenvalue weighted by Gasteiger charge is -2.24. The van der Waals surface area contributed by atoms with Gasteiger partial charge in [-0.15, -0.1) is 0 Å². The number of anilines is 1. The van der Waals surface area contributed by atoms with Crippen molar-refractivity contribution in [2.24, 2.45) is 0 Å². The summed E-state index contributed by atoms with van der Waals surface area (Å²) < 4.78 is 33.1. The fourth-order valence-corrected chi connectivity index (χ4v) is 5.71. The Bertz CT molecular complexity index is 1200. The van der Waals surface area contributed by atoms with E-state index in [9.17, 15) is 13.2 Å². The first-order valence-electron chi connectivity index (χ1n) is 10.6. The zero-order valence-corrected chi connectivity index (χ0v) is 21.4. The Morgan fingerprint density at radius 3 is 2.35 bits per heavy atom. The molecule has 3 aromatic carbocycles. The van der Waals surface area contributed by atoms with Crippen molar-refractivity contribution in [1.82, 2.24) is 5.32 Å². The Morgan fingerprint density at radius 1 is 1.03 bits per heavy atom. The minimum Gasteiger partial charge on any atom is -0.497 e. The Labute approximate surface area is 210 Å². The van der Waals surface area contributed by atoms with Gasteiger partial charge in [0.25, 0.3) is 10.0 Å². The van der Waals surface area contributed by atoms with Crippen LogP contribution in [0.1, 0.15) is 11.1 Å². The molecule has 9 heteroatoms. The number of ether oxygens (including phenoxy) is 1. The number of nitrogens with zero attached hydrogens (tertiary/aromatic N) is 1. The maximum Gasteiger partial charge on any atom is 0.264 e. The Kier molecular flexibility index (Phi) is 9.27. The van der Waals surface area contributed by atoms with Crippen molar-refractivity contribution >= 4 is 45.0 Å². The Morgan fingerprint density at radius 2 is 1.71 bits per heavy atom. The number of carbonyl (C=O) groups excluding carboxylic acids is 1. The van der Waals surface area contributed by atoms with E-state index in [2.05, 4.69) is 5.32 Å². The molecule has 0 aliphatic carbocycles. The number of amides is 1. The maximum atomic E-state index is 13.4. The van der Waals surface area contributed by atoms with Crippen LogP contribution >= 0.6 is 23.4 Å². The fourth-order valence-electron chi connectivity index (χ4n) is 3.15. The first kappa shape index (κ1) is 25.9. The van der Waals surface area contributed by atoms with Gasteiger partial charge in [0.05, 0.1) is 17.7 Å². The second kappa shape index (κ2) is 12.1. The van der Waals surface area contributed by atoms with Crippen molar-refractivity contribution in [3.05, 3.63) is 88.9 Å². The van der Waals surface area contributed by atoms with E-state index in [-0.39, 0.29) is 17.3 Å². The smallest absolute Gasteiger partial charge is 0.264 e. The Balaban J connectivity index is 1.66. The van der Waals surface area contributed by atoms with Gasteiger partial charge in [-0.2, -0.15) is 11.8 Å². The molecule has 3 aromatic rings. The van der Waals surface area contributed by atoms with Gasteiger partial charge in [-0.25, -0.2) is 8.42 Å². The predicted octanol–water partition coefficient (Wildman–Crippen LogP) is 4.90. The van der Waals surface area contributed by atoms with Gasteiger partial charge >= 0.3 is 0 Å². The fraction of sp³-hybridized carbons (Fsp3) is 0.240. The molecule has 0 atom stereocenters. The van der Waals surface area contributed by atoms with Crippen LogP contribution in [0.3, 0.4) is 0 Å². The van der Waals surface area contributed by atoms with Gasteiger partial charge in [0.2, 0.25) is 5.91 Å². The van der Waals surface area contributed by atoms with Crippen LogP contribution in [0.5, 0.6) is 5.75 Å². The summed E-state index contributed by atoms with van der Waals surface area (Å²) in [4.78, 5) is 12.8. The molecule has 34 heavy (non-hydrogen) atoms. The first-order valence-corrected chi connectivity index (χ1v) is 13.6. The van der Waals surface area contributed by atoms with Crippen molar-refractivity contribution in [3.63, 3.8) is 0 Å². The van der Waals surface area contributed by atoms with Crippen LogP contribution in [0.15, 0.2) is 77.7 Å². The van der Waals surface area contributed by atoms with Crippen molar-refractivity contribution in [2.75, 3.05) is 30.3 Å². The van der Waals surface area contributed by atoms with Crippen molar-refractivity contribution in [2.45, 2.75) is 17.6 Å². The predicted molar refractivity (Wildman–Crippen MR) is 139 cm³/mol. The van der Waals surface area contributed by atoms with Crippen LogP contribution in [-0.2, 0) is 20.6 Å². The van der Waals surface area contributed by atoms with Crippen LogP contribution in [-0.4, -0.2) is 40.3 Å². The summed E-state index contributed by atoms with van der Waals surface area (Å²) in [5.74, 6) is 1.61. The van der Waals surface area contributed by atoms with E-state index in [1.165, 1.54) is 7.11 Å². The highest BCUT2D eigenvalue weighted by molar-refractivity contribution is 7.98. The van der Waals surface area contributed by atoms with Crippen LogP contribution in [0.2, 0.25) is 5.02 Å². The van der Waals surface area contributed by atoms with E-state index in [1.54, 1.807) is 60.3 Å². The van der Waals surface area contributed by atoms with Crippen molar-refractivity contribution in [3.8, 4) is 5.75 Å². The standard InChI is InChI=1S/C25H27ClN2O4S2/c1-19-7-13-23(14-8-19)34(30,31)28(21-9-11-22(32-2)12-10-21)17-25(29)27-15-16-33-18-20-5-3-4-6-24(20)26/h3-14H,15-18H2,1-2H3,(H,27,29). The second-order valence-electron chi connectivity index (χ2n) is 7.52. The van der Waals surface area contributed by atoms with Gasteiger partial charge < -0.3 is 10.1 Å². The minimum atomic E-state index is -3.95. The molecule has 0 saturated heterocycles. The number of sulfonamides is 1. The van der Waals surface area contributed by atoms with Crippen LogP contribution in [0.4, 0.5) is 5.69 Å². The van der Waals surface area contributed by atoms with E-state index in [1.807, 2.05) is 31.2 Å². The zero-order valence-electron chi connectivity index (χ0n) is 19.0. The molecule has 0 bridgehead atoms. The highest BCUT2D eigenvalue weighted by atomic mass is 35.5. The number of hydrogen-bond donors (Lipinski definition) is 1. The Hall–Kier alpha value is -2.68. The molecular formula is C25H27ClN2O4S2. The lowest BCUT2D eigenvalue weighted by Crippen LogP contribution is -2.41. The third kappa shape index (κ3) is 6.91. The lowest BCUT2D eigenvalue weighted by atomic mass is 10.2. The normalized spacial score (nSPS) is 11.1. The molecule has 0 aliphatic heterocycles. The molecule has 0 unspecified atom stereocenters. The summed E-state index contributed by atoms with van der Waals surface area (Å²) in [5.41, 5.74) is 2.36. The van der Waals surface area contributed by atoms with Gasteiger partial charge in [-0.3, -0.25) is 9.10 Å². The molecule has 0 saturated carbocycles. The molecule has 1 amide bonds. The van der Waals surface area contributed by atoms with Gasteiger partial charge in [0, 0.05) is 23.1 Å². The van der Waals surface area contributed by atoms with Crippen molar-refractivity contribution in [1.29, 1.82) is 0 Å². The lowest BCUT2D eigenvalue weighted by molar-refractivity contribution is -0.119. The number of aryl methyl sites for hydroxylation is 1. The average Bonchev–Trinajstić information content (AvgIpc) is 2.83. The number of thioether (sulfide) groups is 1. The third-order valence-corrected chi connectivity index (χ3v) is 8.21. The molecule has 0 radical (unpaired) electrons. The number of rotatable bonds is 11. The molecule has 6 nitrogen and oxygen atoms in total. The largest absolute Gasteiger partial charge is 0.497 e. The number of methoxy groups -OCH3 is 1. The molecule has 0 aliphatic rings. The number of halogens is 1. The van der Waals surface area contributed by atoms with Gasteiger partial charge in [-0.05, 0) is 55.0 Å². The van der Waals surface area contributed by atoms with Crippen molar-refractivity contribution < 1.29 is 17.9 Å².